The predicted molar refractivity (Wildman–Crippen MR) is 118 cm³/mol. The molecule has 0 unspecified atom stereocenters. The van der Waals surface area contributed by atoms with Crippen molar-refractivity contribution >= 4 is 10.9 Å². The Bertz CT molecular complexity index is 988. The van der Waals surface area contributed by atoms with Crippen molar-refractivity contribution in [1.29, 1.82) is 0 Å². The monoisotopic (exact) mass is 390 g/mol. The van der Waals surface area contributed by atoms with Gasteiger partial charge in [-0.3, -0.25) is 9.69 Å². The molecule has 4 heteroatoms. The van der Waals surface area contributed by atoms with Crippen LogP contribution in [-0.4, -0.2) is 34.7 Å². The molecule has 0 bridgehead atoms. The number of benzene rings is 2. The number of likely N-dealkylation sites (tertiary alicyclic amines) is 1. The maximum absolute atomic E-state index is 12.4. The molecule has 0 atom stereocenters. The van der Waals surface area contributed by atoms with Gasteiger partial charge in [0.1, 0.15) is 0 Å². The van der Waals surface area contributed by atoms with Gasteiger partial charge in [-0.15, -0.1) is 0 Å². The first-order chi connectivity index (χ1) is 14.2. The fourth-order valence-electron chi connectivity index (χ4n) is 4.56. The summed E-state index contributed by atoms with van der Waals surface area (Å²) >= 11 is 0. The van der Waals surface area contributed by atoms with Crippen molar-refractivity contribution in [3.8, 4) is 0 Å². The van der Waals surface area contributed by atoms with E-state index < -0.39 is 0 Å². The molecule has 0 aliphatic carbocycles. The number of para-hydroxylation sites is 1. The molecule has 2 aromatic carbocycles. The highest BCUT2D eigenvalue weighted by Gasteiger charge is 2.33. The molecule has 0 radical (unpaired) electrons. The molecule has 0 amide bonds. The zero-order valence-electron chi connectivity index (χ0n) is 16.9. The van der Waals surface area contributed by atoms with Crippen LogP contribution in [0.15, 0.2) is 65.5 Å². The van der Waals surface area contributed by atoms with Gasteiger partial charge in [-0.1, -0.05) is 42.5 Å². The Morgan fingerprint density at radius 2 is 1.72 bits per heavy atom. The minimum absolute atomic E-state index is 0.0437. The summed E-state index contributed by atoms with van der Waals surface area (Å²) in [7, 11) is 0. The van der Waals surface area contributed by atoms with Crippen LogP contribution in [0.25, 0.3) is 10.9 Å². The Balaban J connectivity index is 1.33. The largest absolute Gasteiger partial charge is 0.396 e. The standard InChI is InChI=1S/C25H30N2O2/c28-19-25(12-6-9-20-7-2-1-3-8-20)13-15-27(16-14-25)18-21-17-24(29)22-10-4-5-11-23(22)26-21/h1-5,7-8,10-11,17,28H,6,9,12-16,18-19H2,(H,26,29). The van der Waals surface area contributed by atoms with Gasteiger partial charge in [0.2, 0.25) is 0 Å². The Morgan fingerprint density at radius 3 is 2.48 bits per heavy atom. The maximum atomic E-state index is 12.4. The smallest absolute Gasteiger partial charge is 0.189 e. The zero-order valence-corrected chi connectivity index (χ0v) is 16.9. The number of aliphatic hydroxyl groups is 1. The van der Waals surface area contributed by atoms with Crippen LogP contribution in [0.2, 0.25) is 0 Å². The highest BCUT2D eigenvalue weighted by Crippen LogP contribution is 2.36. The number of piperidine rings is 1. The number of H-pyrrole nitrogens is 1. The minimum Gasteiger partial charge on any atom is -0.396 e. The zero-order chi connectivity index (χ0) is 20.1. The summed E-state index contributed by atoms with van der Waals surface area (Å²) in [5.41, 5.74) is 3.37. The van der Waals surface area contributed by atoms with E-state index in [0.29, 0.717) is 0 Å². The van der Waals surface area contributed by atoms with Gasteiger partial charge in [-0.05, 0) is 68.3 Å². The van der Waals surface area contributed by atoms with E-state index in [9.17, 15) is 9.90 Å². The molecule has 29 heavy (non-hydrogen) atoms. The number of aryl methyl sites for hydroxylation is 1. The third-order valence-electron chi connectivity index (χ3n) is 6.45. The number of aromatic nitrogens is 1. The van der Waals surface area contributed by atoms with E-state index in [4.69, 9.17) is 0 Å². The van der Waals surface area contributed by atoms with Gasteiger partial charge in [0.15, 0.2) is 5.43 Å². The number of rotatable bonds is 7. The molecule has 1 aliphatic heterocycles. The first-order valence-corrected chi connectivity index (χ1v) is 10.7. The van der Waals surface area contributed by atoms with Gasteiger partial charge >= 0.3 is 0 Å². The van der Waals surface area contributed by atoms with Crippen molar-refractivity contribution in [1.82, 2.24) is 9.88 Å². The number of aromatic amines is 1. The molecule has 2 heterocycles. The second-order valence-electron chi connectivity index (χ2n) is 8.48. The van der Waals surface area contributed by atoms with Crippen LogP contribution in [0.5, 0.6) is 0 Å². The summed E-state index contributed by atoms with van der Waals surface area (Å²) in [6.07, 6.45) is 5.28. The Labute approximate surface area is 172 Å². The van der Waals surface area contributed by atoms with E-state index in [1.807, 2.05) is 24.3 Å². The summed E-state index contributed by atoms with van der Waals surface area (Å²) in [6.45, 7) is 2.94. The third kappa shape index (κ3) is 4.77. The molecular weight excluding hydrogens is 360 g/mol. The predicted octanol–water partition coefficient (Wildman–Crippen LogP) is 4.13. The van der Waals surface area contributed by atoms with E-state index in [1.165, 1.54) is 5.56 Å². The molecule has 152 valence electrons. The third-order valence-corrected chi connectivity index (χ3v) is 6.45. The number of aliphatic hydroxyl groups excluding tert-OH is 1. The lowest BCUT2D eigenvalue weighted by Gasteiger charge is -2.41. The highest BCUT2D eigenvalue weighted by molar-refractivity contribution is 5.78. The van der Waals surface area contributed by atoms with Crippen LogP contribution >= 0.6 is 0 Å². The molecule has 1 aliphatic rings. The van der Waals surface area contributed by atoms with Gasteiger partial charge in [-0.25, -0.2) is 0 Å². The normalized spacial score (nSPS) is 16.9. The Kier molecular flexibility index (Phi) is 6.12. The van der Waals surface area contributed by atoms with Crippen LogP contribution in [0, 0.1) is 5.41 Å². The van der Waals surface area contributed by atoms with E-state index >= 15 is 0 Å². The molecule has 4 rings (SSSR count). The number of hydrogen-bond donors (Lipinski definition) is 2. The Hall–Kier alpha value is -2.43. The number of nitrogens with one attached hydrogen (secondary N) is 1. The second-order valence-corrected chi connectivity index (χ2v) is 8.48. The SMILES string of the molecule is O=c1cc(CN2CCC(CO)(CCCc3ccccc3)CC2)[nH]c2ccccc12. The van der Waals surface area contributed by atoms with Gasteiger partial charge in [0.25, 0.3) is 0 Å². The number of fused-ring (bicyclic) bond motifs is 1. The summed E-state index contributed by atoms with van der Waals surface area (Å²) in [4.78, 5) is 18.2. The molecule has 4 nitrogen and oxygen atoms in total. The van der Waals surface area contributed by atoms with Gasteiger partial charge < -0.3 is 10.1 Å². The summed E-state index contributed by atoms with van der Waals surface area (Å²) < 4.78 is 0. The highest BCUT2D eigenvalue weighted by atomic mass is 16.3. The van der Waals surface area contributed by atoms with Crippen molar-refractivity contribution in [2.75, 3.05) is 19.7 Å². The molecule has 3 aromatic rings. The van der Waals surface area contributed by atoms with E-state index in [1.54, 1.807) is 6.07 Å². The molecule has 0 spiro atoms. The average Bonchev–Trinajstić information content (AvgIpc) is 2.76. The van der Waals surface area contributed by atoms with E-state index in [0.717, 1.165) is 68.3 Å². The number of nitrogens with zero attached hydrogens (tertiary/aromatic N) is 1. The summed E-state index contributed by atoms with van der Waals surface area (Å²) in [5.74, 6) is 0. The summed E-state index contributed by atoms with van der Waals surface area (Å²) in [5, 5.41) is 10.8. The van der Waals surface area contributed by atoms with Crippen molar-refractivity contribution < 1.29 is 5.11 Å². The van der Waals surface area contributed by atoms with Gasteiger partial charge in [0, 0.05) is 35.8 Å². The van der Waals surface area contributed by atoms with Gasteiger partial charge in [-0.2, -0.15) is 0 Å². The molecule has 1 aromatic heterocycles. The number of pyridine rings is 1. The van der Waals surface area contributed by atoms with Crippen molar-refractivity contribution in [3.63, 3.8) is 0 Å². The van der Waals surface area contributed by atoms with Crippen LogP contribution in [0.4, 0.5) is 0 Å². The van der Waals surface area contributed by atoms with E-state index in [-0.39, 0.29) is 17.5 Å². The number of hydrogen-bond acceptors (Lipinski definition) is 3. The van der Waals surface area contributed by atoms with Crippen molar-refractivity contribution in [2.45, 2.75) is 38.6 Å². The second kappa shape index (κ2) is 8.93. The lowest BCUT2D eigenvalue weighted by atomic mass is 9.75. The molecular formula is C25H30N2O2. The minimum atomic E-state index is 0.0437. The first kappa shape index (κ1) is 19.9. The van der Waals surface area contributed by atoms with Crippen LogP contribution < -0.4 is 5.43 Å². The van der Waals surface area contributed by atoms with Gasteiger partial charge in [0.05, 0.1) is 0 Å². The molecule has 0 saturated carbocycles. The molecule has 1 saturated heterocycles. The lowest BCUT2D eigenvalue weighted by Crippen LogP contribution is -2.42. The Morgan fingerprint density at radius 1 is 1.00 bits per heavy atom. The van der Waals surface area contributed by atoms with Crippen LogP contribution in [0.3, 0.4) is 0 Å². The lowest BCUT2D eigenvalue weighted by molar-refractivity contribution is 0.0326. The quantitative estimate of drug-likeness (QED) is 0.638. The fraction of sp³-hybridized carbons (Fsp3) is 0.400. The molecule has 2 N–H and O–H groups in total. The fourth-order valence-corrected chi connectivity index (χ4v) is 4.56. The van der Waals surface area contributed by atoms with Crippen molar-refractivity contribution in [3.05, 3.63) is 82.1 Å². The average molecular weight is 391 g/mol. The first-order valence-electron chi connectivity index (χ1n) is 10.7. The van der Waals surface area contributed by atoms with Crippen LogP contribution in [0.1, 0.15) is 36.9 Å². The van der Waals surface area contributed by atoms with Crippen molar-refractivity contribution in [2.24, 2.45) is 5.41 Å². The summed E-state index contributed by atoms with van der Waals surface area (Å²) in [6, 6.07) is 20.0. The van der Waals surface area contributed by atoms with E-state index in [2.05, 4.69) is 40.2 Å². The maximum Gasteiger partial charge on any atom is 0.189 e. The topological polar surface area (TPSA) is 56.3 Å². The van der Waals surface area contributed by atoms with Crippen LogP contribution in [-0.2, 0) is 13.0 Å². The molecule has 1 fully saturated rings.